The van der Waals surface area contributed by atoms with Crippen LogP contribution in [0, 0.1) is 0 Å². The third-order valence-corrected chi connectivity index (χ3v) is 2.40. The summed E-state index contributed by atoms with van der Waals surface area (Å²) in [6.07, 6.45) is 1.10. The number of ketones is 1. The van der Waals surface area contributed by atoms with Gasteiger partial charge in [0.15, 0.2) is 5.78 Å². The van der Waals surface area contributed by atoms with Crippen LogP contribution in [0.4, 0.5) is 0 Å². The molecule has 0 radical (unpaired) electrons. The molecule has 0 aromatic carbocycles. The number of aromatic nitrogens is 1. The minimum atomic E-state index is -0.576. The lowest BCUT2D eigenvalue weighted by atomic mass is 10.2. The molecule has 0 amide bonds. The zero-order chi connectivity index (χ0) is 12.1. The number of pyridine rings is 1. The maximum absolute atomic E-state index is 11.6. The number of rotatable bonds is 4. The molecule has 0 atom stereocenters. The van der Waals surface area contributed by atoms with Crippen molar-refractivity contribution in [3.05, 3.63) is 27.5 Å². The summed E-state index contributed by atoms with van der Waals surface area (Å²) >= 11 is 8.99. The highest BCUT2D eigenvalue weighted by Gasteiger charge is 2.17. The largest absolute Gasteiger partial charge is 0.466 e. The normalized spacial score (nSPS) is 9.94. The van der Waals surface area contributed by atoms with Gasteiger partial charge in [-0.3, -0.25) is 14.6 Å². The van der Waals surface area contributed by atoms with Gasteiger partial charge in [0.05, 0.1) is 11.6 Å². The molecule has 86 valence electrons. The summed E-state index contributed by atoms with van der Waals surface area (Å²) in [7, 11) is 0. The Hall–Kier alpha value is -0.940. The first-order valence-corrected chi connectivity index (χ1v) is 5.71. The number of halogens is 2. The predicted octanol–water partition coefficient (Wildman–Crippen LogP) is 2.63. The van der Waals surface area contributed by atoms with Crippen molar-refractivity contribution in [2.75, 3.05) is 6.61 Å². The Kier molecular flexibility index (Phi) is 4.89. The lowest BCUT2D eigenvalue weighted by Gasteiger charge is -2.03. The molecule has 1 aromatic heterocycles. The maximum Gasteiger partial charge on any atom is 0.313 e. The van der Waals surface area contributed by atoms with Crippen LogP contribution in [0.2, 0.25) is 5.02 Å². The number of carbonyl (C=O) groups excluding carboxylic acids is 2. The maximum atomic E-state index is 11.6. The Bertz CT molecular complexity index is 423. The van der Waals surface area contributed by atoms with E-state index in [1.54, 1.807) is 13.0 Å². The monoisotopic (exact) mass is 305 g/mol. The zero-order valence-electron chi connectivity index (χ0n) is 8.50. The quantitative estimate of drug-likeness (QED) is 0.487. The van der Waals surface area contributed by atoms with Crippen molar-refractivity contribution in [2.24, 2.45) is 0 Å². The summed E-state index contributed by atoms with van der Waals surface area (Å²) in [6, 6.07) is 1.55. The molecule has 0 saturated heterocycles. The van der Waals surface area contributed by atoms with E-state index in [0.717, 1.165) is 0 Å². The Morgan fingerprint density at radius 1 is 1.56 bits per heavy atom. The number of hydrogen-bond donors (Lipinski definition) is 0. The van der Waals surface area contributed by atoms with E-state index in [0.29, 0.717) is 4.47 Å². The van der Waals surface area contributed by atoms with Gasteiger partial charge in [0.25, 0.3) is 0 Å². The summed E-state index contributed by atoms with van der Waals surface area (Å²) in [6.45, 7) is 1.92. The van der Waals surface area contributed by atoms with Gasteiger partial charge in [-0.05, 0) is 28.9 Å². The number of Topliss-reactive ketones (excluding diaryl/α,β-unsaturated/α-hetero) is 1. The minimum Gasteiger partial charge on any atom is -0.466 e. The molecule has 0 aliphatic carbocycles. The van der Waals surface area contributed by atoms with E-state index >= 15 is 0 Å². The second-order valence-electron chi connectivity index (χ2n) is 2.89. The van der Waals surface area contributed by atoms with Crippen LogP contribution in [0.5, 0.6) is 0 Å². The first kappa shape index (κ1) is 13.1. The van der Waals surface area contributed by atoms with Crippen LogP contribution in [0.25, 0.3) is 0 Å². The fraction of sp³-hybridized carbons (Fsp3) is 0.300. The summed E-state index contributed by atoms with van der Waals surface area (Å²) in [5.41, 5.74) is 0.0814. The van der Waals surface area contributed by atoms with Crippen molar-refractivity contribution in [1.29, 1.82) is 0 Å². The van der Waals surface area contributed by atoms with Crippen molar-refractivity contribution in [1.82, 2.24) is 4.98 Å². The van der Waals surface area contributed by atoms with Gasteiger partial charge >= 0.3 is 5.97 Å². The molecule has 0 unspecified atom stereocenters. The van der Waals surface area contributed by atoms with Crippen LogP contribution < -0.4 is 0 Å². The Balaban J connectivity index is 2.77. The molecule has 0 saturated carbocycles. The van der Waals surface area contributed by atoms with Gasteiger partial charge in [-0.25, -0.2) is 0 Å². The van der Waals surface area contributed by atoms with Gasteiger partial charge in [-0.2, -0.15) is 0 Å². The molecule has 0 fully saturated rings. The van der Waals surface area contributed by atoms with Crippen molar-refractivity contribution >= 4 is 39.3 Å². The van der Waals surface area contributed by atoms with Crippen LogP contribution in [-0.2, 0) is 9.53 Å². The van der Waals surface area contributed by atoms with E-state index in [1.165, 1.54) is 6.20 Å². The van der Waals surface area contributed by atoms with Gasteiger partial charge in [0.1, 0.15) is 12.1 Å². The summed E-state index contributed by atoms with van der Waals surface area (Å²) in [5, 5.41) is 0.212. The first-order chi connectivity index (χ1) is 7.54. The molecule has 1 heterocycles. The minimum absolute atomic E-state index is 0.0814. The number of esters is 1. The third-order valence-electron chi connectivity index (χ3n) is 1.68. The Morgan fingerprint density at radius 2 is 2.25 bits per heavy atom. The lowest BCUT2D eigenvalue weighted by Crippen LogP contribution is -2.12. The molecule has 0 bridgehead atoms. The van der Waals surface area contributed by atoms with Crippen LogP contribution >= 0.6 is 27.5 Å². The van der Waals surface area contributed by atoms with Crippen molar-refractivity contribution in [2.45, 2.75) is 13.3 Å². The van der Waals surface area contributed by atoms with Gasteiger partial charge in [-0.1, -0.05) is 11.6 Å². The van der Waals surface area contributed by atoms with Crippen molar-refractivity contribution in [3.63, 3.8) is 0 Å². The molecular formula is C10H9BrClNO3. The predicted molar refractivity (Wildman–Crippen MR) is 62.5 cm³/mol. The van der Waals surface area contributed by atoms with E-state index in [2.05, 4.69) is 25.7 Å². The zero-order valence-corrected chi connectivity index (χ0v) is 10.8. The molecule has 0 spiro atoms. The van der Waals surface area contributed by atoms with Crippen molar-refractivity contribution in [3.8, 4) is 0 Å². The van der Waals surface area contributed by atoms with Gasteiger partial charge in [-0.15, -0.1) is 0 Å². The summed E-state index contributed by atoms with van der Waals surface area (Å²) in [4.78, 5) is 26.5. The molecule has 6 heteroatoms. The number of carbonyl (C=O) groups is 2. The second kappa shape index (κ2) is 5.96. The molecule has 0 aliphatic rings. The topological polar surface area (TPSA) is 56.3 Å². The smallest absolute Gasteiger partial charge is 0.313 e. The summed E-state index contributed by atoms with van der Waals surface area (Å²) in [5.74, 6) is -1.02. The average Bonchev–Trinajstić information content (AvgIpc) is 2.17. The molecule has 0 aliphatic heterocycles. The molecule has 0 N–H and O–H groups in total. The van der Waals surface area contributed by atoms with Gasteiger partial charge in [0.2, 0.25) is 0 Å². The molecule has 4 nitrogen and oxygen atoms in total. The van der Waals surface area contributed by atoms with Crippen LogP contribution in [0.3, 0.4) is 0 Å². The SMILES string of the molecule is CCOC(=O)CC(=O)c1ncc(Br)cc1Cl. The standard InChI is InChI=1S/C10H9BrClNO3/c1-2-16-9(15)4-8(14)10-7(12)3-6(11)5-13-10/h3,5H,2,4H2,1H3. The highest BCUT2D eigenvalue weighted by Crippen LogP contribution is 2.20. The number of hydrogen-bond acceptors (Lipinski definition) is 4. The highest BCUT2D eigenvalue weighted by molar-refractivity contribution is 9.10. The lowest BCUT2D eigenvalue weighted by molar-refractivity contribution is -0.141. The Labute approximate surface area is 106 Å². The summed E-state index contributed by atoms with van der Waals surface area (Å²) < 4.78 is 5.33. The second-order valence-corrected chi connectivity index (χ2v) is 4.21. The molecule has 1 aromatic rings. The molecular weight excluding hydrogens is 297 g/mol. The molecule has 16 heavy (non-hydrogen) atoms. The fourth-order valence-corrected chi connectivity index (χ4v) is 1.78. The molecule has 1 rings (SSSR count). The average molecular weight is 307 g/mol. The number of ether oxygens (including phenoxy) is 1. The third kappa shape index (κ3) is 3.57. The Morgan fingerprint density at radius 3 is 2.81 bits per heavy atom. The van der Waals surface area contributed by atoms with E-state index in [-0.39, 0.29) is 23.7 Å². The van der Waals surface area contributed by atoms with E-state index in [9.17, 15) is 9.59 Å². The van der Waals surface area contributed by atoms with E-state index < -0.39 is 11.8 Å². The van der Waals surface area contributed by atoms with Crippen LogP contribution in [0.1, 0.15) is 23.8 Å². The van der Waals surface area contributed by atoms with Crippen LogP contribution in [-0.4, -0.2) is 23.3 Å². The highest BCUT2D eigenvalue weighted by atomic mass is 79.9. The first-order valence-electron chi connectivity index (χ1n) is 4.54. The number of nitrogens with zero attached hydrogens (tertiary/aromatic N) is 1. The van der Waals surface area contributed by atoms with Gasteiger partial charge < -0.3 is 4.74 Å². The fourth-order valence-electron chi connectivity index (χ4n) is 1.05. The van der Waals surface area contributed by atoms with E-state index in [1.807, 2.05) is 0 Å². The van der Waals surface area contributed by atoms with E-state index in [4.69, 9.17) is 11.6 Å². The van der Waals surface area contributed by atoms with Gasteiger partial charge in [0, 0.05) is 10.7 Å². The van der Waals surface area contributed by atoms with Crippen molar-refractivity contribution < 1.29 is 14.3 Å². The van der Waals surface area contributed by atoms with Crippen LogP contribution in [0.15, 0.2) is 16.7 Å².